The van der Waals surface area contributed by atoms with E-state index in [1.807, 2.05) is 58.9 Å². The molecule has 0 radical (unpaired) electrons. The molecule has 19 heteroatoms. The summed E-state index contributed by atoms with van der Waals surface area (Å²) in [6.07, 6.45) is 11.1. The largest absolute Gasteiger partial charge is 0.344 e. The van der Waals surface area contributed by atoms with Gasteiger partial charge in [-0.2, -0.15) is 29.8 Å². The number of hydrogen-bond acceptors (Lipinski definition) is 11. The van der Waals surface area contributed by atoms with E-state index in [0.717, 1.165) is 16.9 Å². The van der Waals surface area contributed by atoms with Crippen LogP contribution < -0.4 is 4.90 Å². The Morgan fingerprint density at radius 3 is 2.14 bits per heavy atom. The van der Waals surface area contributed by atoms with Crippen molar-refractivity contribution in [3.05, 3.63) is 89.7 Å². The standard InChI is InChI=1S/C40H49N3O13S3/c1-39(2)30-14-9-10-15-32(30)41(24-12-26-57(47,48)49)34(39)16-6-4-7-17-35-40(3,23-11-5-8-18-38(46)56-43-36(44)21-22-37(43)45)31-28-29(59(53,54)55)19-20-33(31)42(35)25-13-27-58(50,51)52/h4,6-7,9-10,14-17,19-20,28H,5,8,11-13,18,21-27H2,1-3H3,(H2-,47,48,49,50,51,52,53,54,55)/p+1. The van der Waals surface area contributed by atoms with Gasteiger partial charge in [0.2, 0.25) is 5.69 Å². The SMILES string of the molecule is CC1(CCCCCC(=O)ON2C(=O)CCC2=O)C(/C=C/C=C/C=C2\N(CCCS(=O)(=O)O)c3ccccc3C2(C)C)=[N+](CCCS(=O)(=O)O)c2ccc(S(=O)(=O)O)cc21. The van der Waals surface area contributed by atoms with E-state index in [1.165, 1.54) is 12.1 Å². The highest BCUT2D eigenvalue weighted by atomic mass is 32.2. The lowest BCUT2D eigenvalue weighted by Gasteiger charge is -2.27. The third kappa shape index (κ3) is 11.0. The van der Waals surface area contributed by atoms with Gasteiger partial charge in [0.15, 0.2) is 5.71 Å². The normalized spacial score (nSPS) is 20.1. The number of nitrogens with zero attached hydrogens (tertiary/aromatic N) is 3. The van der Waals surface area contributed by atoms with Gasteiger partial charge in [0.1, 0.15) is 6.54 Å². The Bertz CT molecular complexity index is 2440. The van der Waals surface area contributed by atoms with Gasteiger partial charge in [-0.1, -0.05) is 63.1 Å². The smallest absolute Gasteiger partial charge is 0.333 e. The Morgan fingerprint density at radius 2 is 1.47 bits per heavy atom. The minimum atomic E-state index is -4.61. The Balaban J connectivity index is 1.43. The lowest BCUT2D eigenvalue weighted by molar-refractivity contribution is -0.437. The fraction of sp³-hybridized carbons (Fsp3) is 0.450. The van der Waals surface area contributed by atoms with Crippen molar-refractivity contribution >= 4 is 65.2 Å². The number of fused-ring (bicyclic) bond motifs is 2. The Hall–Kier alpha value is -4.53. The van der Waals surface area contributed by atoms with Crippen LogP contribution in [0.3, 0.4) is 0 Å². The molecule has 1 saturated heterocycles. The van der Waals surface area contributed by atoms with Crippen LogP contribution in [0.1, 0.15) is 89.7 Å². The first-order chi connectivity index (χ1) is 27.5. The van der Waals surface area contributed by atoms with Crippen LogP contribution in [-0.2, 0) is 60.4 Å². The molecule has 320 valence electrons. The van der Waals surface area contributed by atoms with Crippen molar-refractivity contribution in [2.45, 2.75) is 94.3 Å². The average molecular weight is 877 g/mol. The second kappa shape index (κ2) is 18.0. The zero-order valence-electron chi connectivity index (χ0n) is 33.1. The Kier molecular flexibility index (Phi) is 13.9. The number of rotatable bonds is 19. The molecule has 0 aliphatic carbocycles. The summed E-state index contributed by atoms with van der Waals surface area (Å²) in [6, 6.07) is 12.0. The predicted molar refractivity (Wildman–Crippen MR) is 219 cm³/mol. The molecule has 5 rings (SSSR count). The highest BCUT2D eigenvalue weighted by Crippen LogP contribution is 2.48. The number of hydrogen-bond donors (Lipinski definition) is 3. The molecule has 3 aliphatic rings. The maximum absolute atomic E-state index is 12.4. The van der Waals surface area contributed by atoms with E-state index in [1.54, 1.807) is 18.2 Å². The lowest BCUT2D eigenvalue weighted by Crippen LogP contribution is -2.32. The van der Waals surface area contributed by atoms with Crippen LogP contribution in [0.25, 0.3) is 0 Å². The van der Waals surface area contributed by atoms with Crippen molar-refractivity contribution in [3.8, 4) is 0 Å². The van der Waals surface area contributed by atoms with Crippen LogP contribution in [0.2, 0.25) is 0 Å². The van der Waals surface area contributed by atoms with E-state index in [-0.39, 0.29) is 49.3 Å². The number of hydroxylamine groups is 2. The van der Waals surface area contributed by atoms with Gasteiger partial charge in [0.05, 0.1) is 21.8 Å². The molecule has 16 nitrogen and oxygen atoms in total. The van der Waals surface area contributed by atoms with Crippen molar-refractivity contribution < 1.29 is 62.7 Å². The van der Waals surface area contributed by atoms with Crippen molar-refractivity contribution in [2.75, 3.05) is 29.5 Å². The third-order valence-electron chi connectivity index (χ3n) is 10.9. The van der Waals surface area contributed by atoms with Gasteiger partial charge in [-0.25, -0.2) is 4.79 Å². The first kappa shape index (κ1) is 45.6. The topological polar surface area (TPSA) is 233 Å². The van der Waals surface area contributed by atoms with Gasteiger partial charge < -0.3 is 9.74 Å². The van der Waals surface area contributed by atoms with Crippen LogP contribution in [0.15, 0.2) is 83.4 Å². The summed E-state index contributed by atoms with van der Waals surface area (Å²) in [6.45, 7) is 6.49. The molecule has 2 aromatic carbocycles. The summed E-state index contributed by atoms with van der Waals surface area (Å²) in [4.78, 5) is 42.8. The monoisotopic (exact) mass is 876 g/mol. The fourth-order valence-electron chi connectivity index (χ4n) is 7.98. The average Bonchev–Trinajstić information content (AvgIpc) is 3.66. The van der Waals surface area contributed by atoms with Crippen LogP contribution in [0.5, 0.6) is 0 Å². The second-order valence-corrected chi connectivity index (χ2v) is 20.1. The van der Waals surface area contributed by atoms with Crippen LogP contribution in [0, 0.1) is 0 Å². The number of unbranched alkanes of at least 4 members (excludes halogenated alkanes) is 2. The van der Waals surface area contributed by atoms with E-state index in [9.17, 15) is 53.3 Å². The van der Waals surface area contributed by atoms with E-state index < -0.39 is 64.7 Å². The lowest BCUT2D eigenvalue weighted by atomic mass is 9.75. The van der Waals surface area contributed by atoms with Crippen LogP contribution in [-0.4, -0.2) is 96.6 Å². The summed E-state index contributed by atoms with van der Waals surface area (Å²) < 4.78 is 102. The first-order valence-electron chi connectivity index (χ1n) is 19.2. The number of amides is 2. The number of carbonyl (C=O) groups excluding carboxylic acids is 3. The summed E-state index contributed by atoms with van der Waals surface area (Å²) in [5.74, 6) is -2.79. The van der Waals surface area contributed by atoms with Gasteiger partial charge >= 0.3 is 5.97 Å². The van der Waals surface area contributed by atoms with Crippen molar-refractivity contribution in [3.63, 3.8) is 0 Å². The number of anilines is 1. The summed E-state index contributed by atoms with van der Waals surface area (Å²) >= 11 is 0. The van der Waals surface area contributed by atoms with E-state index in [0.29, 0.717) is 54.3 Å². The summed E-state index contributed by atoms with van der Waals surface area (Å²) in [5.41, 5.74) is 3.35. The number of carbonyl (C=O) groups is 3. The molecule has 0 bridgehead atoms. The van der Waals surface area contributed by atoms with Gasteiger partial charge in [-0.15, -0.1) is 5.06 Å². The highest BCUT2D eigenvalue weighted by molar-refractivity contribution is 7.86. The van der Waals surface area contributed by atoms with Gasteiger partial charge in [-0.3, -0.25) is 23.2 Å². The second-order valence-electron chi connectivity index (χ2n) is 15.5. The Morgan fingerprint density at radius 1 is 0.814 bits per heavy atom. The molecule has 3 N–H and O–H groups in total. The molecule has 2 amide bonds. The zero-order valence-corrected chi connectivity index (χ0v) is 35.6. The number of allylic oxidation sites excluding steroid dienone is 6. The maximum atomic E-state index is 12.4. The molecule has 3 aliphatic heterocycles. The summed E-state index contributed by atoms with van der Waals surface area (Å²) in [5, 5.41) is 0.498. The highest BCUT2D eigenvalue weighted by Gasteiger charge is 2.48. The molecule has 1 fully saturated rings. The van der Waals surface area contributed by atoms with Crippen molar-refractivity contribution in [2.24, 2.45) is 0 Å². The molecular formula is C40H50N3O13S3+. The molecule has 0 saturated carbocycles. The molecule has 1 atom stereocenters. The van der Waals surface area contributed by atoms with E-state index in [4.69, 9.17) is 4.84 Å². The quantitative estimate of drug-likeness (QED) is 0.0542. The first-order valence-corrected chi connectivity index (χ1v) is 23.9. The third-order valence-corrected chi connectivity index (χ3v) is 13.3. The van der Waals surface area contributed by atoms with Crippen LogP contribution >= 0.6 is 0 Å². The summed E-state index contributed by atoms with van der Waals surface area (Å²) in [7, 11) is -13.1. The fourth-order valence-corrected chi connectivity index (χ4v) is 9.47. The number of benzene rings is 2. The van der Waals surface area contributed by atoms with Gasteiger partial charge in [0.25, 0.3) is 42.2 Å². The van der Waals surface area contributed by atoms with Gasteiger partial charge in [0, 0.05) is 66.7 Å². The molecular weight excluding hydrogens is 827 g/mol. The molecule has 3 heterocycles. The van der Waals surface area contributed by atoms with E-state index in [2.05, 4.69) is 13.8 Å². The van der Waals surface area contributed by atoms with Gasteiger partial charge in [-0.05, 0) is 56.0 Å². The molecule has 59 heavy (non-hydrogen) atoms. The number of para-hydroxylation sites is 1. The van der Waals surface area contributed by atoms with Crippen molar-refractivity contribution in [1.82, 2.24) is 5.06 Å². The van der Waals surface area contributed by atoms with Crippen molar-refractivity contribution in [1.29, 1.82) is 0 Å². The molecule has 0 spiro atoms. The van der Waals surface area contributed by atoms with Crippen LogP contribution in [0.4, 0.5) is 11.4 Å². The molecule has 0 aromatic heterocycles. The zero-order chi connectivity index (χ0) is 43.4. The predicted octanol–water partition coefficient (Wildman–Crippen LogP) is 5.20. The Labute approximate surface area is 345 Å². The molecule has 2 aromatic rings. The van der Waals surface area contributed by atoms with E-state index >= 15 is 0 Å². The maximum Gasteiger partial charge on any atom is 0.333 e. The minimum Gasteiger partial charge on any atom is -0.344 e. The molecule has 1 unspecified atom stereocenters. The minimum absolute atomic E-state index is 0.0212. The number of imide groups is 1.